The molecule has 0 fully saturated rings. The maximum Gasteiger partial charge on any atom is 0.114 e. The predicted molar refractivity (Wildman–Crippen MR) is 47.4 cm³/mol. The van der Waals surface area contributed by atoms with Crippen molar-refractivity contribution < 1.29 is 4.84 Å². The van der Waals surface area contributed by atoms with Gasteiger partial charge in [0.25, 0.3) is 0 Å². The van der Waals surface area contributed by atoms with E-state index in [1.54, 1.807) is 24.1 Å². The molecule has 5 heteroatoms. The van der Waals surface area contributed by atoms with Gasteiger partial charge in [0.2, 0.25) is 0 Å². The lowest BCUT2D eigenvalue weighted by Gasteiger charge is -1.94. The Balaban J connectivity index is 2.73. The van der Waals surface area contributed by atoms with E-state index in [9.17, 15) is 0 Å². The predicted octanol–water partition coefficient (Wildman–Crippen LogP) is 1.44. The van der Waals surface area contributed by atoms with E-state index in [0.717, 1.165) is 5.69 Å². The summed E-state index contributed by atoms with van der Waals surface area (Å²) in [6.07, 6.45) is 3.10. The Bertz CT molecular complexity index is 263. The van der Waals surface area contributed by atoms with Crippen LogP contribution in [0, 0.1) is 0 Å². The van der Waals surface area contributed by atoms with Crippen LogP contribution in [-0.4, -0.2) is 22.6 Å². The minimum absolute atomic E-state index is 0.548. The van der Waals surface area contributed by atoms with Crippen LogP contribution in [-0.2, 0) is 11.9 Å². The first-order chi connectivity index (χ1) is 5.75. The number of aryl methyl sites for hydroxylation is 1. The Labute approximate surface area is 75.8 Å². The Morgan fingerprint density at radius 1 is 1.83 bits per heavy atom. The number of hydrogen-bond acceptors (Lipinski definition) is 3. The van der Waals surface area contributed by atoms with E-state index in [0.29, 0.717) is 11.6 Å². The second-order valence-corrected chi connectivity index (χ2v) is 2.56. The van der Waals surface area contributed by atoms with E-state index in [1.807, 2.05) is 6.92 Å². The van der Waals surface area contributed by atoms with Gasteiger partial charge in [0, 0.05) is 7.05 Å². The van der Waals surface area contributed by atoms with E-state index in [4.69, 9.17) is 16.4 Å². The van der Waals surface area contributed by atoms with E-state index < -0.39 is 0 Å². The highest BCUT2D eigenvalue weighted by Crippen LogP contribution is 2.11. The first kappa shape index (κ1) is 9.06. The van der Waals surface area contributed by atoms with Crippen molar-refractivity contribution in [2.45, 2.75) is 6.92 Å². The summed E-state index contributed by atoms with van der Waals surface area (Å²) in [5.41, 5.74) is 0.741. The topological polar surface area (TPSA) is 39.4 Å². The summed E-state index contributed by atoms with van der Waals surface area (Å²) in [5.74, 6) is 0. The molecule has 0 atom stereocenters. The third-order valence-corrected chi connectivity index (χ3v) is 1.61. The second kappa shape index (κ2) is 4.11. The summed E-state index contributed by atoms with van der Waals surface area (Å²) in [7, 11) is 1.79. The van der Waals surface area contributed by atoms with Crippen molar-refractivity contribution in [3.8, 4) is 0 Å². The Kier molecular flexibility index (Phi) is 3.10. The van der Waals surface area contributed by atoms with Gasteiger partial charge in [0.05, 0.1) is 17.4 Å². The largest absolute Gasteiger partial charge is 0.396 e. The normalized spacial score (nSPS) is 10.9. The van der Waals surface area contributed by atoms with Crippen LogP contribution in [0.5, 0.6) is 0 Å². The molecule has 0 bridgehead atoms. The van der Waals surface area contributed by atoms with Gasteiger partial charge in [-0.3, -0.25) is 4.68 Å². The van der Waals surface area contributed by atoms with Gasteiger partial charge in [-0.1, -0.05) is 16.8 Å². The molecule has 0 amide bonds. The summed E-state index contributed by atoms with van der Waals surface area (Å²) < 4.78 is 1.63. The fraction of sp³-hybridized carbons (Fsp3) is 0.429. The molecule has 0 aliphatic rings. The minimum Gasteiger partial charge on any atom is -0.396 e. The zero-order chi connectivity index (χ0) is 8.97. The maximum absolute atomic E-state index is 5.79. The van der Waals surface area contributed by atoms with E-state index >= 15 is 0 Å². The molecule has 0 N–H and O–H groups in total. The summed E-state index contributed by atoms with van der Waals surface area (Å²) in [6.45, 7) is 2.41. The third kappa shape index (κ3) is 1.98. The van der Waals surface area contributed by atoms with Gasteiger partial charge in [-0.2, -0.15) is 5.10 Å². The van der Waals surface area contributed by atoms with Crippen molar-refractivity contribution in [1.29, 1.82) is 0 Å². The van der Waals surface area contributed by atoms with Crippen molar-refractivity contribution >= 4 is 17.8 Å². The van der Waals surface area contributed by atoms with Crippen LogP contribution in [0.25, 0.3) is 0 Å². The highest BCUT2D eigenvalue weighted by atomic mass is 35.5. The SMILES string of the molecule is CCO/N=C/c1c(Cl)cnn1C. The standard InChI is InChI=1S/C7H10ClN3O/c1-3-12-10-5-7-6(8)4-9-11(7)2/h4-5H,3H2,1-2H3/b10-5+. The monoisotopic (exact) mass is 187 g/mol. The van der Waals surface area contributed by atoms with Crippen LogP contribution < -0.4 is 0 Å². The number of hydrogen-bond donors (Lipinski definition) is 0. The zero-order valence-electron chi connectivity index (χ0n) is 6.99. The summed E-state index contributed by atoms with van der Waals surface area (Å²) in [6, 6.07) is 0. The molecule has 66 valence electrons. The highest BCUT2D eigenvalue weighted by Gasteiger charge is 2.01. The average molecular weight is 188 g/mol. The van der Waals surface area contributed by atoms with Crippen molar-refractivity contribution in [1.82, 2.24) is 9.78 Å². The molecular weight excluding hydrogens is 178 g/mol. The summed E-state index contributed by atoms with van der Waals surface area (Å²) in [4.78, 5) is 4.79. The van der Waals surface area contributed by atoms with E-state index in [-0.39, 0.29) is 0 Å². The zero-order valence-corrected chi connectivity index (χ0v) is 7.75. The molecule has 4 nitrogen and oxygen atoms in total. The molecule has 0 aliphatic carbocycles. The van der Waals surface area contributed by atoms with Gasteiger partial charge in [0.1, 0.15) is 12.3 Å². The molecular formula is C7H10ClN3O. The van der Waals surface area contributed by atoms with Gasteiger partial charge >= 0.3 is 0 Å². The number of aromatic nitrogens is 2. The van der Waals surface area contributed by atoms with E-state index in [1.165, 1.54) is 0 Å². The van der Waals surface area contributed by atoms with Crippen molar-refractivity contribution in [3.05, 3.63) is 16.9 Å². The summed E-state index contributed by atoms with van der Waals surface area (Å²) in [5, 5.41) is 8.19. The van der Waals surface area contributed by atoms with Crippen LogP contribution in [0.2, 0.25) is 5.02 Å². The number of nitrogens with zero attached hydrogens (tertiary/aromatic N) is 3. The fourth-order valence-corrected chi connectivity index (χ4v) is 0.942. The molecule has 1 aromatic heterocycles. The Morgan fingerprint density at radius 2 is 2.58 bits per heavy atom. The molecule has 12 heavy (non-hydrogen) atoms. The van der Waals surface area contributed by atoms with Crippen LogP contribution >= 0.6 is 11.6 Å². The van der Waals surface area contributed by atoms with Crippen LogP contribution in [0.15, 0.2) is 11.4 Å². The van der Waals surface area contributed by atoms with Crippen LogP contribution in [0.1, 0.15) is 12.6 Å². The molecule has 1 heterocycles. The first-order valence-corrected chi connectivity index (χ1v) is 3.96. The maximum atomic E-state index is 5.79. The fourth-order valence-electron chi connectivity index (χ4n) is 0.727. The third-order valence-electron chi connectivity index (χ3n) is 1.32. The summed E-state index contributed by atoms with van der Waals surface area (Å²) >= 11 is 5.79. The Hall–Kier alpha value is -1.03. The van der Waals surface area contributed by atoms with Crippen molar-refractivity contribution in [3.63, 3.8) is 0 Å². The van der Waals surface area contributed by atoms with Gasteiger partial charge in [-0.05, 0) is 6.92 Å². The van der Waals surface area contributed by atoms with Gasteiger partial charge in [-0.15, -0.1) is 0 Å². The van der Waals surface area contributed by atoms with Gasteiger partial charge in [0.15, 0.2) is 0 Å². The highest BCUT2D eigenvalue weighted by molar-refractivity contribution is 6.32. The van der Waals surface area contributed by atoms with Crippen molar-refractivity contribution in [2.24, 2.45) is 12.2 Å². The quantitative estimate of drug-likeness (QED) is 0.531. The average Bonchev–Trinajstić information content (AvgIpc) is 2.35. The molecule has 0 saturated carbocycles. The number of oxime groups is 1. The van der Waals surface area contributed by atoms with E-state index in [2.05, 4.69) is 10.3 Å². The van der Waals surface area contributed by atoms with Gasteiger partial charge in [-0.25, -0.2) is 0 Å². The first-order valence-electron chi connectivity index (χ1n) is 3.58. The molecule has 0 radical (unpaired) electrons. The molecule has 0 saturated heterocycles. The molecule has 0 aliphatic heterocycles. The number of rotatable bonds is 3. The lowest BCUT2D eigenvalue weighted by molar-refractivity contribution is 0.160. The lowest BCUT2D eigenvalue weighted by Crippen LogP contribution is -1.97. The minimum atomic E-state index is 0.548. The molecule has 1 rings (SSSR count). The van der Waals surface area contributed by atoms with Crippen LogP contribution in [0.4, 0.5) is 0 Å². The molecule has 1 aromatic rings. The molecule has 0 spiro atoms. The second-order valence-electron chi connectivity index (χ2n) is 2.15. The smallest absolute Gasteiger partial charge is 0.114 e. The molecule has 0 unspecified atom stereocenters. The van der Waals surface area contributed by atoms with Crippen molar-refractivity contribution in [2.75, 3.05) is 6.61 Å². The van der Waals surface area contributed by atoms with Gasteiger partial charge < -0.3 is 4.84 Å². The number of halogens is 1. The lowest BCUT2D eigenvalue weighted by atomic mass is 10.5. The molecule has 0 aromatic carbocycles. The Morgan fingerprint density at radius 3 is 3.08 bits per heavy atom. The van der Waals surface area contributed by atoms with Crippen LogP contribution in [0.3, 0.4) is 0 Å².